The minimum Gasteiger partial charge on any atom is -0.379 e. The lowest BCUT2D eigenvalue weighted by Crippen LogP contribution is -2.40. The molecule has 3 N–H and O–H groups in total. The summed E-state index contributed by atoms with van der Waals surface area (Å²) in [4.78, 5) is 26.4. The van der Waals surface area contributed by atoms with E-state index < -0.39 is 30.8 Å². The Labute approximate surface area is 187 Å². The zero-order valence-electron chi connectivity index (χ0n) is 16.5. The third-order valence-electron chi connectivity index (χ3n) is 4.86. The Bertz CT molecular complexity index is 706. The molecule has 0 saturated carbocycles. The maximum absolute atomic E-state index is 13.2. The zero-order valence-corrected chi connectivity index (χ0v) is 18.1. The van der Waals surface area contributed by atoms with Crippen molar-refractivity contribution < 1.29 is 23.1 Å². The second-order valence-corrected chi connectivity index (χ2v) is 7.16. The Morgan fingerprint density at radius 1 is 1.23 bits per heavy atom. The van der Waals surface area contributed by atoms with E-state index in [2.05, 4.69) is 20.9 Å². The molecule has 30 heavy (non-hydrogen) atoms. The number of benzene rings is 1. The molecule has 0 bridgehead atoms. The van der Waals surface area contributed by atoms with Crippen molar-refractivity contribution in [1.82, 2.24) is 15.5 Å². The van der Waals surface area contributed by atoms with Crippen molar-refractivity contribution >= 4 is 42.3 Å². The van der Waals surface area contributed by atoms with Crippen molar-refractivity contribution in [2.75, 3.05) is 44.7 Å². The Balaban J connectivity index is 0.00000225. The van der Waals surface area contributed by atoms with Crippen molar-refractivity contribution in [3.63, 3.8) is 0 Å². The van der Waals surface area contributed by atoms with Crippen LogP contribution in [0.4, 0.5) is 14.5 Å². The Kier molecular flexibility index (Phi) is 10.9. The SMILES string of the molecule is Cl.Cl.O=C(CCN1CCOCC1)Nc1cccc(CNC(=O)C2CC(F)(F)CN2)c1. The first-order valence-corrected chi connectivity index (χ1v) is 9.49. The van der Waals surface area contributed by atoms with Crippen LogP contribution in [0, 0.1) is 0 Å². The first-order valence-electron chi connectivity index (χ1n) is 9.49. The zero-order chi connectivity index (χ0) is 20.0. The smallest absolute Gasteiger partial charge is 0.262 e. The summed E-state index contributed by atoms with van der Waals surface area (Å²) < 4.78 is 31.6. The number of carbonyl (C=O) groups is 2. The van der Waals surface area contributed by atoms with Gasteiger partial charge in [0.15, 0.2) is 0 Å². The molecule has 170 valence electrons. The highest BCUT2D eigenvalue weighted by atomic mass is 35.5. The number of nitrogens with zero attached hydrogens (tertiary/aromatic N) is 1. The van der Waals surface area contributed by atoms with Crippen LogP contribution in [0.25, 0.3) is 0 Å². The number of morpholine rings is 1. The molecule has 2 saturated heterocycles. The largest absolute Gasteiger partial charge is 0.379 e. The topological polar surface area (TPSA) is 82.7 Å². The highest BCUT2D eigenvalue weighted by Gasteiger charge is 2.42. The maximum Gasteiger partial charge on any atom is 0.262 e. The van der Waals surface area contributed by atoms with Gasteiger partial charge < -0.3 is 15.4 Å². The molecule has 0 aliphatic carbocycles. The molecule has 2 amide bonds. The van der Waals surface area contributed by atoms with Gasteiger partial charge in [-0.2, -0.15) is 0 Å². The van der Waals surface area contributed by atoms with Gasteiger partial charge in [0.2, 0.25) is 11.8 Å². The summed E-state index contributed by atoms with van der Waals surface area (Å²) in [6.07, 6.45) is -0.0966. The van der Waals surface area contributed by atoms with E-state index in [0.29, 0.717) is 31.9 Å². The van der Waals surface area contributed by atoms with Crippen molar-refractivity contribution in [2.45, 2.75) is 31.4 Å². The molecular weight excluding hydrogens is 441 g/mol. The van der Waals surface area contributed by atoms with E-state index in [1.165, 1.54) is 0 Å². The average Bonchev–Trinajstić information content (AvgIpc) is 3.05. The molecule has 1 unspecified atom stereocenters. The van der Waals surface area contributed by atoms with E-state index in [1.54, 1.807) is 24.3 Å². The van der Waals surface area contributed by atoms with Crippen LogP contribution in [0.15, 0.2) is 24.3 Å². The summed E-state index contributed by atoms with van der Waals surface area (Å²) in [6, 6.07) is 6.25. The molecule has 0 spiro atoms. The summed E-state index contributed by atoms with van der Waals surface area (Å²) in [5, 5.41) is 8.05. The Morgan fingerprint density at radius 2 is 1.97 bits per heavy atom. The fourth-order valence-electron chi connectivity index (χ4n) is 3.28. The molecule has 0 aromatic heterocycles. The summed E-state index contributed by atoms with van der Waals surface area (Å²) in [5.74, 6) is -3.37. The van der Waals surface area contributed by atoms with E-state index in [1.807, 2.05) is 0 Å². The Hall–Kier alpha value is -1.52. The number of carbonyl (C=O) groups excluding carboxylic acids is 2. The minimum atomic E-state index is -2.84. The molecule has 7 nitrogen and oxygen atoms in total. The van der Waals surface area contributed by atoms with Crippen LogP contribution < -0.4 is 16.0 Å². The second-order valence-electron chi connectivity index (χ2n) is 7.16. The van der Waals surface area contributed by atoms with E-state index in [9.17, 15) is 18.4 Å². The van der Waals surface area contributed by atoms with Crippen molar-refractivity contribution in [3.8, 4) is 0 Å². The van der Waals surface area contributed by atoms with Gasteiger partial charge in [0.05, 0.1) is 25.8 Å². The van der Waals surface area contributed by atoms with Crippen LogP contribution in [0.5, 0.6) is 0 Å². The van der Waals surface area contributed by atoms with E-state index in [0.717, 1.165) is 18.7 Å². The van der Waals surface area contributed by atoms with Gasteiger partial charge in [-0.25, -0.2) is 8.78 Å². The number of hydrogen-bond donors (Lipinski definition) is 3. The van der Waals surface area contributed by atoms with Crippen LogP contribution in [0.2, 0.25) is 0 Å². The third-order valence-corrected chi connectivity index (χ3v) is 4.86. The first kappa shape index (κ1) is 26.5. The molecule has 1 aromatic carbocycles. The summed E-state index contributed by atoms with van der Waals surface area (Å²) in [6.45, 7) is 3.49. The van der Waals surface area contributed by atoms with Crippen LogP contribution in [0.3, 0.4) is 0 Å². The molecular formula is C19H28Cl2F2N4O3. The number of nitrogens with one attached hydrogen (secondary N) is 3. The molecule has 2 heterocycles. The molecule has 11 heteroatoms. The molecule has 3 rings (SSSR count). The normalized spacial score (nSPS) is 20.5. The monoisotopic (exact) mass is 468 g/mol. The van der Waals surface area contributed by atoms with Gasteiger partial charge in [-0.1, -0.05) is 12.1 Å². The number of rotatable bonds is 7. The predicted octanol–water partition coefficient (Wildman–Crippen LogP) is 1.80. The summed E-state index contributed by atoms with van der Waals surface area (Å²) in [7, 11) is 0. The fraction of sp³-hybridized carbons (Fsp3) is 0.579. The van der Waals surface area contributed by atoms with Crippen LogP contribution >= 0.6 is 24.8 Å². The predicted molar refractivity (Wildman–Crippen MR) is 115 cm³/mol. The van der Waals surface area contributed by atoms with Gasteiger partial charge in [-0.05, 0) is 17.7 Å². The van der Waals surface area contributed by atoms with Gasteiger partial charge in [0.25, 0.3) is 5.92 Å². The average molecular weight is 469 g/mol. The van der Waals surface area contributed by atoms with E-state index in [4.69, 9.17) is 4.74 Å². The van der Waals surface area contributed by atoms with Gasteiger partial charge in [-0.15, -0.1) is 24.8 Å². The lowest BCUT2D eigenvalue weighted by atomic mass is 10.1. The van der Waals surface area contributed by atoms with E-state index >= 15 is 0 Å². The molecule has 1 aromatic rings. The van der Waals surface area contributed by atoms with Crippen LogP contribution in [0.1, 0.15) is 18.4 Å². The van der Waals surface area contributed by atoms with Gasteiger partial charge in [-0.3, -0.25) is 19.8 Å². The minimum absolute atomic E-state index is 0. The number of anilines is 1. The Morgan fingerprint density at radius 3 is 2.63 bits per heavy atom. The number of halogens is 4. The van der Waals surface area contributed by atoms with Crippen LogP contribution in [-0.2, 0) is 20.9 Å². The molecule has 0 radical (unpaired) electrons. The first-order chi connectivity index (χ1) is 13.4. The van der Waals surface area contributed by atoms with Crippen molar-refractivity contribution in [3.05, 3.63) is 29.8 Å². The van der Waals surface area contributed by atoms with Gasteiger partial charge in [0, 0.05) is 44.7 Å². The summed E-state index contributed by atoms with van der Waals surface area (Å²) in [5.41, 5.74) is 1.42. The van der Waals surface area contributed by atoms with Gasteiger partial charge in [0.1, 0.15) is 0 Å². The molecule has 1 atom stereocenters. The third kappa shape index (κ3) is 8.31. The number of ether oxygens (including phenoxy) is 1. The molecule has 2 aliphatic rings. The van der Waals surface area contributed by atoms with Crippen molar-refractivity contribution in [1.29, 1.82) is 0 Å². The second kappa shape index (κ2) is 12.4. The highest BCUT2D eigenvalue weighted by molar-refractivity contribution is 5.91. The quantitative estimate of drug-likeness (QED) is 0.568. The number of alkyl halides is 2. The standard InChI is InChI=1S/C19H26F2N4O3.2ClH/c20-19(21)11-16(23-13-19)18(27)22-12-14-2-1-3-15(10-14)24-17(26)4-5-25-6-8-28-9-7-25;;/h1-3,10,16,23H,4-9,11-13H2,(H,22,27)(H,24,26);2*1H. The lowest BCUT2D eigenvalue weighted by Gasteiger charge is -2.26. The molecule has 2 fully saturated rings. The molecule has 2 aliphatic heterocycles. The number of amides is 2. The van der Waals surface area contributed by atoms with Gasteiger partial charge >= 0.3 is 0 Å². The highest BCUT2D eigenvalue weighted by Crippen LogP contribution is 2.25. The van der Waals surface area contributed by atoms with Crippen molar-refractivity contribution in [2.24, 2.45) is 0 Å². The van der Waals surface area contributed by atoms with Crippen LogP contribution in [-0.4, -0.2) is 68.1 Å². The fourth-order valence-corrected chi connectivity index (χ4v) is 3.28. The maximum atomic E-state index is 13.2. The lowest BCUT2D eigenvalue weighted by molar-refractivity contribution is -0.123. The number of hydrogen-bond acceptors (Lipinski definition) is 5. The van der Waals surface area contributed by atoms with E-state index in [-0.39, 0.29) is 37.3 Å². The summed E-state index contributed by atoms with van der Waals surface area (Å²) >= 11 is 0.